The van der Waals surface area contributed by atoms with E-state index in [4.69, 9.17) is 5.73 Å². The molecule has 0 fully saturated rings. The largest absolute Gasteiger partial charge is 0.383 e. The second-order valence-electron chi connectivity index (χ2n) is 8.29. The normalized spacial score (nSPS) is 11.9. The molecule has 3 aromatic rings. The Hall–Kier alpha value is -3.85. The van der Waals surface area contributed by atoms with Crippen molar-refractivity contribution in [2.24, 2.45) is 0 Å². The van der Waals surface area contributed by atoms with Gasteiger partial charge < -0.3 is 21.5 Å². The first-order valence-corrected chi connectivity index (χ1v) is 10.6. The first-order valence-electron chi connectivity index (χ1n) is 10.6. The van der Waals surface area contributed by atoms with Crippen molar-refractivity contribution in [3.63, 3.8) is 0 Å². The molecule has 178 valence electrons. The Morgan fingerprint density at radius 2 is 1.76 bits per heavy atom. The number of carbonyl (C=O) groups excluding carboxylic acids is 2. The van der Waals surface area contributed by atoms with Crippen molar-refractivity contribution in [3.05, 3.63) is 77.0 Å². The second-order valence-corrected chi connectivity index (χ2v) is 8.29. The van der Waals surface area contributed by atoms with Gasteiger partial charge in [0.25, 0.3) is 5.91 Å². The number of nitrogens with zero attached hydrogens (tertiary/aromatic N) is 1. The predicted molar refractivity (Wildman–Crippen MR) is 126 cm³/mol. The lowest BCUT2D eigenvalue weighted by atomic mass is 9.99. The number of aromatic nitrogens is 1. The summed E-state index contributed by atoms with van der Waals surface area (Å²) in [5.74, 6) is -2.50. The van der Waals surface area contributed by atoms with Gasteiger partial charge in [0.1, 0.15) is 17.5 Å². The fraction of sp³-hybridized carbons (Fsp3) is 0.240. The van der Waals surface area contributed by atoms with Crippen LogP contribution in [0.3, 0.4) is 0 Å². The molecule has 0 bridgehead atoms. The van der Waals surface area contributed by atoms with E-state index in [0.717, 1.165) is 28.8 Å². The van der Waals surface area contributed by atoms with E-state index in [9.17, 15) is 23.5 Å². The van der Waals surface area contributed by atoms with Gasteiger partial charge in [0.15, 0.2) is 6.10 Å². The molecule has 5 N–H and O–H groups in total. The average Bonchev–Trinajstić information content (AvgIpc) is 2.73. The first kappa shape index (κ1) is 24.8. The van der Waals surface area contributed by atoms with E-state index >= 15 is 0 Å². The number of benzene rings is 2. The molecular formula is C25H26F2N4O3. The van der Waals surface area contributed by atoms with Crippen LogP contribution in [0.4, 0.5) is 20.3 Å². The molecule has 0 spiro atoms. The van der Waals surface area contributed by atoms with Crippen LogP contribution in [0, 0.1) is 18.6 Å². The van der Waals surface area contributed by atoms with Gasteiger partial charge in [0.05, 0.1) is 6.42 Å². The molecule has 0 saturated heterocycles. The Morgan fingerprint density at radius 3 is 2.38 bits per heavy atom. The zero-order valence-electron chi connectivity index (χ0n) is 19.0. The van der Waals surface area contributed by atoms with E-state index in [0.29, 0.717) is 17.3 Å². The Labute approximate surface area is 196 Å². The molecule has 7 nitrogen and oxygen atoms in total. The minimum atomic E-state index is -1.74. The molecule has 2 aromatic carbocycles. The number of nitrogens with one attached hydrogen (secondary N) is 2. The molecule has 1 aromatic heterocycles. The molecule has 0 radical (unpaired) electrons. The number of aryl methyl sites for hydroxylation is 1. The maximum absolute atomic E-state index is 13.4. The molecule has 2 amide bonds. The lowest BCUT2D eigenvalue weighted by Gasteiger charge is -2.15. The van der Waals surface area contributed by atoms with E-state index in [1.165, 1.54) is 0 Å². The number of amides is 2. The lowest BCUT2D eigenvalue weighted by molar-refractivity contribution is -0.124. The summed E-state index contributed by atoms with van der Waals surface area (Å²) in [4.78, 5) is 28.7. The number of halogens is 2. The van der Waals surface area contributed by atoms with Crippen LogP contribution in [0.15, 0.2) is 48.7 Å². The van der Waals surface area contributed by atoms with Gasteiger partial charge in [-0.25, -0.2) is 13.8 Å². The molecule has 0 unspecified atom stereocenters. The predicted octanol–water partition coefficient (Wildman–Crippen LogP) is 3.66. The third kappa shape index (κ3) is 6.14. The molecule has 1 heterocycles. The Morgan fingerprint density at radius 1 is 1.09 bits per heavy atom. The van der Waals surface area contributed by atoms with Crippen molar-refractivity contribution in [3.8, 4) is 11.1 Å². The molecule has 9 heteroatoms. The summed E-state index contributed by atoms with van der Waals surface area (Å²) in [6.07, 6.45) is -0.0513. The number of nitrogens with two attached hydrogens (primary N) is 1. The number of hydrogen-bond donors (Lipinski definition) is 4. The van der Waals surface area contributed by atoms with Gasteiger partial charge >= 0.3 is 0 Å². The fourth-order valence-corrected chi connectivity index (χ4v) is 3.52. The number of nitrogen functional groups attached to an aromatic ring is 1. The smallest absolute Gasteiger partial charge is 0.257 e. The minimum absolute atomic E-state index is 0.00771. The quantitative estimate of drug-likeness (QED) is 0.422. The molecule has 0 aliphatic carbocycles. The number of anilines is 2. The Bertz CT molecular complexity index is 1210. The Balaban J connectivity index is 1.78. The van der Waals surface area contributed by atoms with E-state index < -0.39 is 23.6 Å². The number of aliphatic hydroxyl groups excluding tert-OH is 1. The lowest BCUT2D eigenvalue weighted by Crippen LogP contribution is -2.31. The van der Waals surface area contributed by atoms with Crippen molar-refractivity contribution in [1.82, 2.24) is 10.3 Å². The monoisotopic (exact) mass is 468 g/mol. The van der Waals surface area contributed by atoms with Crippen LogP contribution in [-0.4, -0.2) is 27.9 Å². The van der Waals surface area contributed by atoms with E-state index in [1.807, 2.05) is 20.8 Å². The minimum Gasteiger partial charge on any atom is -0.383 e. The van der Waals surface area contributed by atoms with Crippen molar-refractivity contribution in [2.75, 3.05) is 11.1 Å². The maximum Gasteiger partial charge on any atom is 0.257 e. The maximum atomic E-state index is 13.4. The van der Waals surface area contributed by atoms with Crippen molar-refractivity contribution < 1.29 is 23.5 Å². The summed E-state index contributed by atoms with van der Waals surface area (Å²) < 4.78 is 26.8. The molecule has 1 atom stereocenters. The number of rotatable bonds is 7. The summed E-state index contributed by atoms with van der Waals surface area (Å²) in [5, 5.41) is 15.5. The van der Waals surface area contributed by atoms with E-state index in [-0.39, 0.29) is 29.8 Å². The molecule has 3 rings (SSSR count). The molecule has 0 aliphatic rings. The highest BCUT2D eigenvalue weighted by molar-refractivity contribution is 5.95. The summed E-state index contributed by atoms with van der Waals surface area (Å²) in [7, 11) is 0. The van der Waals surface area contributed by atoms with Crippen LogP contribution < -0.4 is 16.4 Å². The van der Waals surface area contributed by atoms with Crippen molar-refractivity contribution >= 4 is 23.3 Å². The average molecular weight is 469 g/mol. The third-order valence-corrected chi connectivity index (χ3v) is 5.06. The van der Waals surface area contributed by atoms with Crippen LogP contribution in [0.5, 0.6) is 0 Å². The van der Waals surface area contributed by atoms with Gasteiger partial charge in [0, 0.05) is 35.1 Å². The van der Waals surface area contributed by atoms with Crippen LogP contribution in [0.1, 0.15) is 36.6 Å². The summed E-state index contributed by atoms with van der Waals surface area (Å²) in [5.41, 5.74) is 9.08. The fourth-order valence-electron chi connectivity index (χ4n) is 3.52. The first-order chi connectivity index (χ1) is 16.0. The summed E-state index contributed by atoms with van der Waals surface area (Å²) in [6, 6.07) is 9.32. The molecular weight excluding hydrogens is 442 g/mol. The standard InChI is InChI=1S/C25H26F2N4O3/c1-13(2)30-22(32)10-16-7-17(12-29-24(16)28)21-5-4-20(6-14(21)3)31-25(34)23(33)15-8-18(26)11-19(27)9-15/h4-9,11-13,23,33H,10H2,1-3H3,(H2,28,29)(H,30,32)(H,31,34)/t23-/m1/s1. The van der Waals surface area contributed by atoms with Gasteiger partial charge in [-0.05, 0) is 67.8 Å². The number of pyridine rings is 1. The molecule has 0 saturated carbocycles. The van der Waals surface area contributed by atoms with Gasteiger partial charge in [0.2, 0.25) is 5.91 Å². The van der Waals surface area contributed by atoms with Gasteiger partial charge in [-0.1, -0.05) is 6.07 Å². The number of aliphatic hydroxyl groups is 1. The number of carbonyl (C=O) groups is 2. The summed E-state index contributed by atoms with van der Waals surface area (Å²) in [6.45, 7) is 5.56. The second kappa shape index (κ2) is 10.4. The van der Waals surface area contributed by atoms with Gasteiger partial charge in [-0.2, -0.15) is 0 Å². The van der Waals surface area contributed by atoms with Crippen molar-refractivity contribution in [1.29, 1.82) is 0 Å². The highest BCUT2D eigenvalue weighted by Gasteiger charge is 2.20. The highest BCUT2D eigenvalue weighted by atomic mass is 19.1. The van der Waals surface area contributed by atoms with E-state index in [1.54, 1.807) is 30.5 Å². The van der Waals surface area contributed by atoms with E-state index in [2.05, 4.69) is 15.6 Å². The van der Waals surface area contributed by atoms with Crippen molar-refractivity contribution in [2.45, 2.75) is 39.3 Å². The van der Waals surface area contributed by atoms with Crippen LogP contribution in [0.2, 0.25) is 0 Å². The zero-order valence-corrected chi connectivity index (χ0v) is 19.0. The molecule has 0 aliphatic heterocycles. The van der Waals surface area contributed by atoms with Gasteiger partial charge in [-0.3, -0.25) is 9.59 Å². The van der Waals surface area contributed by atoms with Crippen LogP contribution in [0.25, 0.3) is 11.1 Å². The highest BCUT2D eigenvalue weighted by Crippen LogP contribution is 2.28. The van der Waals surface area contributed by atoms with Gasteiger partial charge in [-0.15, -0.1) is 0 Å². The Kier molecular flexibility index (Phi) is 7.57. The van der Waals surface area contributed by atoms with Crippen LogP contribution in [-0.2, 0) is 16.0 Å². The SMILES string of the molecule is Cc1cc(NC(=O)[C@H](O)c2cc(F)cc(F)c2)ccc1-c1cnc(N)c(CC(=O)NC(C)C)c1. The van der Waals surface area contributed by atoms with Crippen LogP contribution >= 0.6 is 0 Å². The topological polar surface area (TPSA) is 117 Å². The number of hydrogen-bond acceptors (Lipinski definition) is 5. The zero-order chi connectivity index (χ0) is 25.0. The molecule has 34 heavy (non-hydrogen) atoms. The third-order valence-electron chi connectivity index (χ3n) is 5.06. The summed E-state index contributed by atoms with van der Waals surface area (Å²) >= 11 is 0.